The molecule has 1 saturated heterocycles. The number of aromatic amines is 1. The quantitative estimate of drug-likeness (QED) is 0.589. The number of H-pyrrole nitrogens is 1. The molecule has 0 bridgehead atoms. The summed E-state index contributed by atoms with van der Waals surface area (Å²) in [5, 5.41) is 6.92. The maximum Gasteiger partial charge on any atom is 0.266 e. The van der Waals surface area contributed by atoms with Gasteiger partial charge >= 0.3 is 0 Å². The highest BCUT2D eigenvalue weighted by Crippen LogP contribution is 2.28. The number of nitrogens with zero attached hydrogens (tertiary/aromatic N) is 2. The number of halogens is 3. The van der Waals surface area contributed by atoms with E-state index in [1.807, 2.05) is 0 Å². The highest BCUT2D eigenvalue weighted by molar-refractivity contribution is 5.86. The van der Waals surface area contributed by atoms with Crippen LogP contribution in [-0.4, -0.2) is 28.0 Å². The smallest absolute Gasteiger partial charge is 0.266 e. The van der Waals surface area contributed by atoms with Gasteiger partial charge in [-0.1, -0.05) is 18.2 Å². The second-order valence-electron chi connectivity index (χ2n) is 7.43. The first kappa shape index (κ1) is 20.3. The molecule has 0 spiro atoms. The summed E-state index contributed by atoms with van der Waals surface area (Å²) in [6.45, 7) is 3.34. The zero-order valence-electron chi connectivity index (χ0n) is 16.4. The Bertz CT molecular complexity index is 1130. The van der Waals surface area contributed by atoms with Gasteiger partial charge in [-0.2, -0.15) is 0 Å². The minimum absolute atomic E-state index is 0.0280. The monoisotopic (exact) mass is 417 g/mol. The molecule has 3 N–H and O–H groups in total. The van der Waals surface area contributed by atoms with Crippen LogP contribution in [0.1, 0.15) is 47.7 Å². The summed E-state index contributed by atoms with van der Waals surface area (Å²) in [5.41, 5.74) is 0.366. The number of aryl methyl sites for hydroxylation is 1. The molecule has 9 heteroatoms. The first-order valence-corrected chi connectivity index (χ1v) is 9.85. The van der Waals surface area contributed by atoms with Crippen LogP contribution < -0.4 is 16.2 Å². The van der Waals surface area contributed by atoms with Gasteiger partial charge < -0.3 is 15.6 Å². The summed E-state index contributed by atoms with van der Waals surface area (Å²) < 4.78 is 40.3. The first-order chi connectivity index (χ1) is 14.4. The molecule has 30 heavy (non-hydrogen) atoms. The summed E-state index contributed by atoms with van der Waals surface area (Å²) in [6, 6.07) is 5.71. The third-order valence-electron chi connectivity index (χ3n) is 5.42. The summed E-state index contributed by atoms with van der Waals surface area (Å²) in [7, 11) is 0. The van der Waals surface area contributed by atoms with Crippen LogP contribution in [0.3, 0.4) is 0 Å². The third kappa shape index (κ3) is 4.02. The molecule has 0 saturated carbocycles. The van der Waals surface area contributed by atoms with Gasteiger partial charge in [0.25, 0.3) is 12.0 Å². The average Bonchev–Trinajstić information content (AvgIpc) is 2.72. The fourth-order valence-corrected chi connectivity index (χ4v) is 3.87. The van der Waals surface area contributed by atoms with E-state index >= 15 is 0 Å². The topological polar surface area (TPSA) is 82.7 Å². The van der Waals surface area contributed by atoms with Gasteiger partial charge in [-0.15, -0.1) is 0 Å². The van der Waals surface area contributed by atoms with Crippen LogP contribution in [-0.2, 0) is 6.54 Å². The van der Waals surface area contributed by atoms with Gasteiger partial charge in [0, 0.05) is 17.7 Å². The molecular weight excluding hydrogens is 395 g/mol. The molecule has 1 aliphatic rings. The lowest BCUT2D eigenvalue weighted by Gasteiger charge is -2.22. The lowest BCUT2D eigenvalue weighted by atomic mass is 9.90. The molecule has 2 aromatic heterocycles. The molecule has 0 aliphatic carbocycles. The van der Waals surface area contributed by atoms with Crippen molar-refractivity contribution in [2.75, 3.05) is 18.4 Å². The maximum atomic E-state index is 14.4. The third-order valence-corrected chi connectivity index (χ3v) is 5.42. The van der Waals surface area contributed by atoms with Gasteiger partial charge in [-0.3, -0.25) is 4.79 Å². The van der Waals surface area contributed by atoms with Gasteiger partial charge in [-0.05, 0) is 44.8 Å². The van der Waals surface area contributed by atoms with Crippen molar-refractivity contribution >= 4 is 16.9 Å². The van der Waals surface area contributed by atoms with E-state index in [1.165, 1.54) is 12.1 Å². The number of nitrogens with one attached hydrogen (secondary N) is 3. The van der Waals surface area contributed by atoms with Crippen molar-refractivity contribution in [3.05, 3.63) is 63.0 Å². The molecular formula is C21H22F3N5O. The van der Waals surface area contributed by atoms with Crippen LogP contribution >= 0.6 is 0 Å². The number of pyridine rings is 1. The molecule has 3 heterocycles. The lowest BCUT2D eigenvalue weighted by molar-refractivity contribution is 0.146. The standard InChI is InChI=1S/C21H22F3N5O/c1-11-27-19(26-10-13-3-2-4-14(17(13)22)18(23)24)16-9-15(12-5-7-25-8-6-12)21(30)29-20(16)28-11/h2-4,9,12,18,25H,5-8,10H2,1H3,(H2,26,27,28,29,30). The zero-order valence-corrected chi connectivity index (χ0v) is 16.4. The van der Waals surface area contributed by atoms with E-state index in [1.54, 1.807) is 13.0 Å². The minimum atomic E-state index is -2.88. The zero-order chi connectivity index (χ0) is 21.3. The Kier molecular flexibility index (Phi) is 5.72. The molecule has 1 fully saturated rings. The minimum Gasteiger partial charge on any atom is -0.365 e. The van der Waals surface area contributed by atoms with Crippen LogP contribution in [0.2, 0.25) is 0 Å². The van der Waals surface area contributed by atoms with E-state index < -0.39 is 17.8 Å². The fraction of sp³-hybridized carbons (Fsp3) is 0.381. The van der Waals surface area contributed by atoms with Crippen LogP contribution in [0.4, 0.5) is 19.0 Å². The Morgan fingerprint density at radius 3 is 2.73 bits per heavy atom. The van der Waals surface area contributed by atoms with Crippen molar-refractivity contribution in [1.29, 1.82) is 0 Å². The Labute approximate surface area is 171 Å². The van der Waals surface area contributed by atoms with Crippen LogP contribution in [0.15, 0.2) is 29.1 Å². The summed E-state index contributed by atoms with van der Waals surface area (Å²) >= 11 is 0. The first-order valence-electron chi connectivity index (χ1n) is 9.85. The largest absolute Gasteiger partial charge is 0.365 e. The van der Waals surface area contributed by atoms with Crippen LogP contribution in [0.5, 0.6) is 0 Å². The Hall–Kier alpha value is -2.94. The summed E-state index contributed by atoms with van der Waals surface area (Å²) in [6.07, 6.45) is -1.17. The van der Waals surface area contributed by atoms with Crippen molar-refractivity contribution < 1.29 is 13.2 Å². The number of hydrogen-bond donors (Lipinski definition) is 3. The SMILES string of the molecule is Cc1nc(NCc2cccc(C(F)F)c2F)c2cc(C3CCNCC3)c(=O)[nH]c2n1. The molecule has 0 radical (unpaired) electrons. The molecule has 0 unspecified atom stereocenters. The average molecular weight is 417 g/mol. The van der Waals surface area contributed by atoms with Crippen LogP contribution in [0, 0.1) is 12.7 Å². The highest BCUT2D eigenvalue weighted by atomic mass is 19.3. The molecule has 6 nitrogen and oxygen atoms in total. The Morgan fingerprint density at radius 1 is 1.23 bits per heavy atom. The predicted molar refractivity (Wildman–Crippen MR) is 108 cm³/mol. The van der Waals surface area contributed by atoms with Gasteiger partial charge in [0.1, 0.15) is 23.1 Å². The van der Waals surface area contributed by atoms with Crippen molar-refractivity contribution in [2.45, 2.75) is 38.7 Å². The van der Waals surface area contributed by atoms with Gasteiger partial charge in [0.2, 0.25) is 0 Å². The van der Waals surface area contributed by atoms with Gasteiger partial charge in [0.15, 0.2) is 0 Å². The van der Waals surface area contributed by atoms with E-state index in [4.69, 9.17) is 0 Å². The number of rotatable bonds is 5. The Morgan fingerprint density at radius 2 is 2.00 bits per heavy atom. The van der Waals surface area contributed by atoms with E-state index in [2.05, 4.69) is 25.6 Å². The lowest BCUT2D eigenvalue weighted by Crippen LogP contribution is -2.29. The van der Waals surface area contributed by atoms with Crippen LogP contribution in [0.25, 0.3) is 11.0 Å². The number of alkyl halides is 2. The molecule has 1 aliphatic heterocycles. The normalized spacial score (nSPS) is 15.1. The van der Waals surface area contributed by atoms with E-state index in [0.29, 0.717) is 28.2 Å². The molecule has 0 amide bonds. The second-order valence-corrected chi connectivity index (χ2v) is 7.43. The molecule has 3 aromatic rings. The predicted octanol–water partition coefficient (Wildman–Crippen LogP) is 3.78. The second kappa shape index (κ2) is 8.43. The van der Waals surface area contributed by atoms with Crippen molar-refractivity contribution in [3.63, 3.8) is 0 Å². The molecule has 0 atom stereocenters. The van der Waals surface area contributed by atoms with E-state index in [9.17, 15) is 18.0 Å². The summed E-state index contributed by atoms with van der Waals surface area (Å²) in [4.78, 5) is 24.1. The van der Waals surface area contributed by atoms with Gasteiger partial charge in [-0.25, -0.2) is 23.1 Å². The molecule has 1 aromatic carbocycles. The molecule has 158 valence electrons. The van der Waals surface area contributed by atoms with Crippen molar-refractivity contribution in [3.8, 4) is 0 Å². The number of benzene rings is 1. The number of piperidine rings is 1. The number of anilines is 1. The number of aromatic nitrogens is 3. The van der Waals surface area contributed by atoms with Crippen molar-refractivity contribution in [2.24, 2.45) is 0 Å². The maximum absolute atomic E-state index is 14.4. The van der Waals surface area contributed by atoms with E-state index in [0.717, 1.165) is 32.0 Å². The van der Waals surface area contributed by atoms with Crippen molar-refractivity contribution in [1.82, 2.24) is 20.3 Å². The van der Waals surface area contributed by atoms with Gasteiger partial charge in [0.05, 0.1) is 10.9 Å². The number of hydrogen-bond acceptors (Lipinski definition) is 5. The highest BCUT2D eigenvalue weighted by Gasteiger charge is 2.21. The number of fused-ring (bicyclic) bond motifs is 1. The Balaban J connectivity index is 1.70. The summed E-state index contributed by atoms with van der Waals surface area (Å²) in [5.74, 6) is 0.0514. The molecule has 4 rings (SSSR count). The van der Waals surface area contributed by atoms with E-state index in [-0.39, 0.29) is 23.6 Å². The fourth-order valence-electron chi connectivity index (χ4n) is 3.87.